The Morgan fingerprint density at radius 3 is 2.41 bits per heavy atom. The Bertz CT molecular complexity index is 2840. The van der Waals surface area contributed by atoms with Gasteiger partial charge in [-0.2, -0.15) is 22.9 Å². The maximum atomic E-state index is 15.0. The summed E-state index contributed by atoms with van der Waals surface area (Å²) in [6.07, 6.45) is -0.538. The molecule has 69 heavy (non-hydrogen) atoms. The quantitative estimate of drug-likeness (QED) is 0.0781. The van der Waals surface area contributed by atoms with E-state index < -0.39 is 18.1 Å². The molecule has 1 saturated heterocycles. The fourth-order valence-electron chi connectivity index (χ4n) is 11.7. The largest absolute Gasteiger partial charge is 0.416 e. The standard InChI is InChI=1S/C53H63F3N10O3/c1-9-35-23-37(14-15-40(35)27-64-28-42(29-64)66-50(68)58-61-63-66)33(4)59-69-30-34-13-20-43(45(22-34)53(54,55)56)38-11-10-12-39(24-38)48-26-51(5,6)46-21-31(2)44(25-47(46)52(48,7)8)32(3)36-16-18-41(19-17-36)65-49(67)57-60-62-65/h13-23,25,38-39,42,48-49,67H,3,9-12,24,26-30H2,1-2,4-8H3,(H,57,62)(H,58,63,68)/b59-33+. The topological polar surface area (TPSA) is 149 Å². The number of likely N-dealkylation sites (tertiary alicyclic amines) is 1. The summed E-state index contributed by atoms with van der Waals surface area (Å²) < 4.78 is 46.5. The molecule has 4 aliphatic rings. The molecule has 3 N–H and O–H groups in total. The first-order valence-electron chi connectivity index (χ1n) is 24.1. The Morgan fingerprint density at radius 1 is 0.971 bits per heavy atom. The molecule has 2 fully saturated rings. The highest BCUT2D eigenvalue weighted by Crippen LogP contribution is 2.56. The Labute approximate surface area is 401 Å². The van der Waals surface area contributed by atoms with E-state index in [1.807, 2.05) is 37.3 Å². The number of oxime groups is 1. The van der Waals surface area contributed by atoms with Crippen molar-refractivity contribution in [3.63, 3.8) is 0 Å². The molecular weight excluding hydrogens is 882 g/mol. The number of anilines is 1. The zero-order chi connectivity index (χ0) is 49.0. The van der Waals surface area contributed by atoms with Crippen LogP contribution in [0.2, 0.25) is 0 Å². The number of fused-ring (bicyclic) bond motifs is 1. The van der Waals surface area contributed by atoms with Crippen molar-refractivity contribution in [2.75, 3.05) is 18.1 Å². The lowest BCUT2D eigenvalue weighted by Gasteiger charge is -2.52. The monoisotopic (exact) mass is 945 g/mol. The number of hydrogen-bond acceptors (Lipinski definition) is 11. The SMILES string of the molecule is C=C(c1ccc(N2N=NNC2O)cc1)c1cc2c(cc1C)C(C)(C)CC(C1CCCC(c3ccc(CO/N=C(\C)c4ccc(CN5CC(n6nn[nH]c6=O)C5)c(CC)c4)cc3C(F)(F)F)C1)C2(C)C. The van der Waals surface area contributed by atoms with E-state index in [-0.39, 0.29) is 46.9 Å². The number of aromatic amines is 1. The van der Waals surface area contributed by atoms with E-state index in [9.17, 15) is 9.90 Å². The number of aromatic nitrogens is 4. The van der Waals surface area contributed by atoms with Crippen molar-refractivity contribution >= 4 is 17.0 Å². The van der Waals surface area contributed by atoms with Gasteiger partial charge in [-0.3, -0.25) is 4.90 Å². The second-order valence-corrected chi connectivity index (χ2v) is 20.8. The summed E-state index contributed by atoms with van der Waals surface area (Å²) in [4.78, 5) is 19.9. The van der Waals surface area contributed by atoms with Gasteiger partial charge in [-0.1, -0.05) is 113 Å². The van der Waals surface area contributed by atoms with Gasteiger partial charge < -0.3 is 9.94 Å². The number of aliphatic hydroxyl groups excluding tert-OH is 1. The van der Waals surface area contributed by atoms with Crippen LogP contribution in [0.15, 0.2) is 99.8 Å². The number of hydrogen-bond donors (Lipinski definition) is 3. The smallest absolute Gasteiger partial charge is 0.391 e. The number of alkyl halides is 3. The molecule has 3 heterocycles. The van der Waals surface area contributed by atoms with Crippen LogP contribution in [-0.4, -0.2) is 55.4 Å². The highest BCUT2D eigenvalue weighted by atomic mass is 19.4. The van der Waals surface area contributed by atoms with Crippen LogP contribution >= 0.6 is 0 Å². The minimum atomic E-state index is -4.53. The van der Waals surface area contributed by atoms with Crippen molar-refractivity contribution in [3.05, 3.63) is 151 Å². The van der Waals surface area contributed by atoms with Crippen LogP contribution in [0.3, 0.4) is 0 Å². The molecular formula is C53H63F3N10O3. The van der Waals surface area contributed by atoms with Crippen LogP contribution in [0.5, 0.6) is 0 Å². The molecule has 4 unspecified atom stereocenters. The van der Waals surface area contributed by atoms with Gasteiger partial charge in [-0.15, -0.1) is 0 Å². The summed E-state index contributed by atoms with van der Waals surface area (Å²) in [5, 5.41) is 33.3. The third-order valence-corrected chi connectivity index (χ3v) is 15.6. The van der Waals surface area contributed by atoms with E-state index in [2.05, 4.69) is 114 Å². The number of tetrazole rings is 1. The van der Waals surface area contributed by atoms with E-state index >= 15 is 13.2 Å². The van der Waals surface area contributed by atoms with E-state index in [0.29, 0.717) is 48.5 Å². The minimum absolute atomic E-state index is 0.00214. The van der Waals surface area contributed by atoms with Gasteiger partial charge in [-0.05, 0) is 169 Å². The van der Waals surface area contributed by atoms with Gasteiger partial charge in [-0.25, -0.2) is 15.3 Å². The molecule has 4 aromatic carbocycles. The molecule has 4 atom stereocenters. The number of aliphatic hydroxyl groups is 1. The lowest BCUT2D eigenvalue weighted by atomic mass is 9.52. The number of H-pyrrole nitrogens is 1. The summed E-state index contributed by atoms with van der Waals surface area (Å²) in [5.41, 5.74) is 13.2. The Balaban J connectivity index is 0.879. The molecule has 2 aliphatic carbocycles. The van der Waals surface area contributed by atoms with Gasteiger partial charge in [0, 0.05) is 19.6 Å². The van der Waals surface area contributed by atoms with Crippen LogP contribution < -0.4 is 16.1 Å². The van der Waals surface area contributed by atoms with Gasteiger partial charge in [0.1, 0.15) is 6.61 Å². The lowest BCUT2D eigenvalue weighted by molar-refractivity contribution is -0.138. The van der Waals surface area contributed by atoms with E-state index in [1.54, 1.807) is 12.1 Å². The fraction of sp³-hybridized carbons (Fsp3) is 0.472. The molecule has 5 aromatic rings. The van der Waals surface area contributed by atoms with E-state index in [1.165, 1.54) is 38.0 Å². The van der Waals surface area contributed by atoms with Gasteiger partial charge in [0.15, 0.2) is 0 Å². The normalized spacial score (nSPS) is 22.5. The maximum absolute atomic E-state index is 15.0. The van der Waals surface area contributed by atoms with E-state index in [4.69, 9.17) is 4.84 Å². The number of rotatable bonds is 13. The molecule has 1 saturated carbocycles. The summed E-state index contributed by atoms with van der Waals surface area (Å²) >= 11 is 0. The highest BCUT2D eigenvalue weighted by Gasteiger charge is 2.49. The average molecular weight is 945 g/mol. The Hall–Kier alpha value is -6.13. The fourth-order valence-corrected chi connectivity index (χ4v) is 11.7. The summed E-state index contributed by atoms with van der Waals surface area (Å²) in [6, 6.07) is 23.3. The molecule has 0 amide bonds. The third-order valence-electron chi connectivity index (χ3n) is 15.6. The summed E-state index contributed by atoms with van der Waals surface area (Å²) in [6.45, 7) is 21.9. The van der Waals surface area contributed by atoms with Crippen LogP contribution in [0.25, 0.3) is 5.57 Å². The molecule has 1 aromatic heterocycles. The zero-order valence-electron chi connectivity index (χ0n) is 40.6. The molecule has 364 valence electrons. The molecule has 0 spiro atoms. The number of nitrogens with zero attached hydrogens (tertiary/aromatic N) is 8. The Kier molecular flexibility index (Phi) is 13.0. The first-order chi connectivity index (χ1) is 32.8. The predicted molar refractivity (Wildman–Crippen MR) is 260 cm³/mol. The third kappa shape index (κ3) is 9.49. The van der Waals surface area contributed by atoms with Crippen molar-refractivity contribution in [3.8, 4) is 0 Å². The zero-order valence-corrected chi connectivity index (χ0v) is 40.6. The lowest BCUT2D eigenvalue weighted by Crippen LogP contribution is -2.49. The summed E-state index contributed by atoms with van der Waals surface area (Å²) in [7, 11) is 0. The molecule has 2 aliphatic heterocycles. The van der Waals surface area contributed by atoms with Crippen molar-refractivity contribution in [2.45, 2.75) is 135 Å². The van der Waals surface area contributed by atoms with Crippen molar-refractivity contribution in [1.82, 2.24) is 30.5 Å². The van der Waals surface area contributed by atoms with Crippen molar-refractivity contribution in [2.24, 2.45) is 27.4 Å². The maximum Gasteiger partial charge on any atom is 0.416 e. The Morgan fingerprint density at radius 2 is 1.72 bits per heavy atom. The number of nitrogens with one attached hydrogen (secondary N) is 2. The van der Waals surface area contributed by atoms with E-state index in [0.717, 1.165) is 60.1 Å². The van der Waals surface area contributed by atoms with Crippen LogP contribution in [0.4, 0.5) is 18.9 Å². The minimum Gasteiger partial charge on any atom is -0.391 e. The van der Waals surface area contributed by atoms with Gasteiger partial charge in [0.2, 0.25) is 6.35 Å². The predicted octanol–water partition coefficient (Wildman–Crippen LogP) is 10.4. The molecule has 16 heteroatoms. The molecule has 0 bridgehead atoms. The molecule has 0 radical (unpaired) electrons. The van der Waals surface area contributed by atoms with Gasteiger partial charge >= 0.3 is 11.9 Å². The average Bonchev–Trinajstić information content (AvgIpc) is 3.95. The second-order valence-electron chi connectivity index (χ2n) is 20.8. The van der Waals surface area contributed by atoms with Crippen LogP contribution in [-0.2, 0) is 41.4 Å². The number of aryl methyl sites for hydroxylation is 2. The van der Waals surface area contributed by atoms with Crippen LogP contribution in [0, 0.1) is 18.8 Å². The summed E-state index contributed by atoms with van der Waals surface area (Å²) in [5.74, 6) is 0.270. The first-order valence-corrected chi connectivity index (χ1v) is 24.1. The first kappa shape index (κ1) is 47.9. The molecule has 9 rings (SSSR count). The second kappa shape index (κ2) is 18.6. The van der Waals surface area contributed by atoms with Crippen LogP contribution in [0.1, 0.15) is 147 Å². The highest BCUT2D eigenvalue weighted by molar-refractivity contribution is 5.98. The number of halogens is 3. The van der Waals surface area contributed by atoms with Gasteiger partial charge in [0.05, 0.1) is 23.0 Å². The van der Waals surface area contributed by atoms with Crippen molar-refractivity contribution in [1.29, 1.82) is 0 Å². The number of benzene rings is 4. The molecule has 13 nitrogen and oxygen atoms in total. The van der Waals surface area contributed by atoms with Gasteiger partial charge in [0.25, 0.3) is 0 Å². The van der Waals surface area contributed by atoms with Crippen molar-refractivity contribution < 1.29 is 23.1 Å².